The second-order valence-corrected chi connectivity index (χ2v) is 8.02. The first-order valence-corrected chi connectivity index (χ1v) is 8.74. The number of carbonyl (C=O) groups is 1. The van der Waals surface area contributed by atoms with Crippen LogP contribution in [-0.4, -0.2) is 31.3 Å². The molecule has 4 heteroatoms. The van der Waals surface area contributed by atoms with E-state index in [0.717, 1.165) is 32.4 Å². The first kappa shape index (κ1) is 15.0. The average Bonchev–Trinajstić information content (AvgIpc) is 3.21. The summed E-state index contributed by atoms with van der Waals surface area (Å²) in [5, 5.41) is 6.31. The number of carbonyl (C=O) groups excluding carboxylic acids is 1. The van der Waals surface area contributed by atoms with Gasteiger partial charge in [0, 0.05) is 35.9 Å². The molecule has 1 saturated heterocycles. The van der Waals surface area contributed by atoms with Crippen molar-refractivity contribution in [2.24, 2.45) is 11.3 Å². The molecule has 0 radical (unpaired) electrons. The van der Waals surface area contributed by atoms with E-state index in [1.165, 1.54) is 5.56 Å². The molecular formula is C19H26N2O2. The minimum Gasteiger partial charge on any atom is -0.377 e. The van der Waals surface area contributed by atoms with Crippen LogP contribution in [0.4, 0.5) is 4.79 Å². The van der Waals surface area contributed by atoms with Crippen molar-refractivity contribution in [2.45, 2.75) is 50.7 Å². The van der Waals surface area contributed by atoms with E-state index in [9.17, 15) is 4.79 Å². The quantitative estimate of drug-likeness (QED) is 0.898. The minimum absolute atomic E-state index is 0.0318. The Bertz CT molecular complexity index is 595. The fourth-order valence-corrected chi connectivity index (χ4v) is 4.57. The number of nitrogens with one attached hydrogen (secondary N) is 2. The Morgan fingerprint density at radius 3 is 2.70 bits per heavy atom. The molecule has 0 aromatic heterocycles. The third-order valence-corrected chi connectivity index (χ3v) is 6.21. The van der Waals surface area contributed by atoms with Crippen LogP contribution in [0.2, 0.25) is 0 Å². The van der Waals surface area contributed by atoms with Gasteiger partial charge in [-0.1, -0.05) is 44.2 Å². The molecule has 0 unspecified atom stereocenters. The van der Waals surface area contributed by atoms with E-state index in [2.05, 4.69) is 48.7 Å². The molecule has 4 nitrogen and oxygen atoms in total. The summed E-state index contributed by atoms with van der Waals surface area (Å²) in [7, 11) is 0. The van der Waals surface area contributed by atoms with Crippen LogP contribution < -0.4 is 10.6 Å². The molecule has 23 heavy (non-hydrogen) atoms. The third-order valence-electron chi connectivity index (χ3n) is 6.21. The predicted molar refractivity (Wildman–Crippen MR) is 89.3 cm³/mol. The lowest BCUT2D eigenvalue weighted by Crippen LogP contribution is -2.67. The van der Waals surface area contributed by atoms with E-state index in [0.29, 0.717) is 12.0 Å². The zero-order valence-electron chi connectivity index (χ0n) is 14.0. The summed E-state index contributed by atoms with van der Waals surface area (Å²) in [6, 6.07) is 10.7. The molecule has 1 aromatic carbocycles. The summed E-state index contributed by atoms with van der Waals surface area (Å²) < 4.78 is 5.79. The molecule has 1 aromatic rings. The molecule has 124 valence electrons. The summed E-state index contributed by atoms with van der Waals surface area (Å²) in [6.45, 7) is 5.93. The number of hydrogen-bond acceptors (Lipinski definition) is 2. The van der Waals surface area contributed by atoms with Crippen LogP contribution in [0.1, 0.15) is 38.7 Å². The second-order valence-electron chi connectivity index (χ2n) is 8.02. The summed E-state index contributed by atoms with van der Waals surface area (Å²) in [6.07, 6.45) is 3.69. The highest BCUT2D eigenvalue weighted by Crippen LogP contribution is 2.52. The van der Waals surface area contributed by atoms with Crippen LogP contribution in [-0.2, 0) is 10.2 Å². The van der Waals surface area contributed by atoms with Crippen LogP contribution in [0.15, 0.2) is 30.3 Å². The number of rotatable bonds is 4. The number of hydrogen-bond donors (Lipinski definition) is 2. The Balaban J connectivity index is 1.33. The fourth-order valence-electron chi connectivity index (χ4n) is 4.57. The average molecular weight is 314 g/mol. The standard InChI is InChI=1S/C19H26N2O2/c1-18(2)15(14-8-11-23-16(14)18)21-17(22)20-12-19(9-10-19)13-6-4-3-5-7-13/h3-7,14-16H,8-12H2,1-2H3,(H2,20,21,22)/t14-,15+,16-/m0/s1. The number of fused-ring (bicyclic) bond motifs is 1. The van der Waals surface area contributed by atoms with E-state index in [1.807, 2.05) is 6.07 Å². The Morgan fingerprint density at radius 1 is 1.26 bits per heavy atom. The van der Waals surface area contributed by atoms with Gasteiger partial charge in [0.1, 0.15) is 0 Å². The van der Waals surface area contributed by atoms with E-state index in [1.54, 1.807) is 0 Å². The SMILES string of the molecule is CC1(C)[C@H](NC(=O)NCC2(c3ccccc3)CC2)[C@@H]2CCO[C@@H]21. The maximum atomic E-state index is 12.4. The van der Waals surface area contributed by atoms with Crippen molar-refractivity contribution in [1.82, 2.24) is 10.6 Å². The maximum absolute atomic E-state index is 12.4. The van der Waals surface area contributed by atoms with Crippen molar-refractivity contribution < 1.29 is 9.53 Å². The van der Waals surface area contributed by atoms with Crippen molar-refractivity contribution in [2.75, 3.05) is 13.2 Å². The molecule has 1 aliphatic heterocycles. The fraction of sp³-hybridized carbons (Fsp3) is 0.632. The highest BCUT2D eigenvalue weighted by molar-refractivity contribution is 5.75. The van der Waals surface area contributed by atoms with Gasteiger partial charge in [-0.15, -0.1) is 0 Å². The van der Waals surface area contributed by atoms with Crippen LogP contribution in [0.25, 0.3) is 0 Å². The van der Waals surface area contributed by atoms with E-state index in [-0.39, 0.29) is 22.9 Å². The largest absolute Gasteiger partial charge is 0.377 e. The van der Waals surface area contributed by atoms with Gasteiger partial charge < -0.3 is 15.4 Å². The van der Waals surface area contributed by atoms with Crippen molar-refractivity contribution >= 4 is 6.03 Å². The molecule has 0 bridgehead atoms. The first-order chi connectivity index (χ1) is 11.0. The Kier molecular flexibility index (Phi) is 3.41. The summed E-state index contributed by atoms with van der Waals surface area (Å²) in [4.78, 5) is 12.4. The molecule has 2 saturated carbocycles. The van der Waals surface area contributed by atoms with Crippen LogP contribution in [0.5, 0.6) is 0 Å². The number of amides is 2. The third kappa shape index (κ3) is 2.44. The van der Waals surface area contributed by atoms with Crippen LogP contribution >= 0.6 is 0 Å². The topological polar surface area (TPSA) is 50.4 Å². The Hall–Kier alpha value is -1.55. The molecule has 2 amide bonds. The molecule has 4 rings (SSSR count). The number of ether oxygens (including phenoxy) is 1. The summed E-state index contributed by atoms with van der Waals surface area (Å²) in [5.74, 6) is 0.486. The van der Waals surface area contributed by atoms with Gasteiger partial charge in [-0.2, -0.15) is 0 Å². The van der Waals surface area contributed by atoms with Crippen molar-refractivity contribution in [3.8, 4) is 0 Å². The molecule has 3 aliphatic rings. The molecule has 3 fully saturated rings. The zero-order valence-corrected chi connectivity index (χ0v) is 14.0. The van der Waals surface area contributed by atoms with Gasteiger partial charge >= 0.3 is 6.03 Å². The Labute approximate surface area is 138 Å². The summed E-state index contributed by atoms with van der Waals surface area (Å²) in [5.41, 5.74) is 1.54. The monoisotopic (exact) mass is 314 g/mol. The van der Waals surface area contributed by atoms with Crippen LogP contribution in [0, 0.1) is 11.3 Å². The Morgan fingerprint density at radius 2 is 2.00 bits per heavy atom. The molecule has 0 spiro atoms. The highest BCUT2D eigenvalue weighted by Gasteiger charge is 2.59. The van der Waals surface area contributed by atoms with E-state index >= 15 is 0 Å². The number of urea groups is 1. The van der Waals surface area contributed by atoms with E-state index < -0.39 is 0 Å². The van der Waals surface area contributed by atoms with Gasteiger partial charge in [-0.3, -0.25) is 0 Å². The molecular weight excluding hydrogens is 288 g/mol. The lowest BCUT2D eigenvalue weighted by Gasteiger charge is -2.54. The van der Waals surface area contributed by atoms with Crippen molar-refractivity contribution in [3.63, 3.8) is 0 Å². The molecule has 1 heterocycles. The van der Waals surface area contributed by atoms with Gasteiger partial charge in [-0.05, 0) is 24.8 Å². The molecule has 3 atom stereocenters. The normalized spacial score (nSPS) is 32.5. The van der Waals surface area contributed by atoms with Crippen molar-refractivity contribution in [1.29, 1.82) is 0 Å². The lowest BCUT2D eigenvalue weighted by molar-refractivity contribution is -0.108. The lowest BCUT2D eigenvalue weighted by atomic mass is 9.57. The smallest absolute Gasteiger partial charge is 0.315 e. The summed E-state index contributed by atoms with van der Waals surface area (Å²) >= 11 is 0. The van der Waals surface area contributed by atoms with Gasteiger partial charge in [0.15, 0.2) is 0 Å². The van der Waals surface area contributed by atoms with E-state index in [4.69, 9.17) is 4.74 Å². The highest BCUT2D eigenvalue weighted by atomic mass is 16.5. The van der Waals surface area contributed by atoms with Crippen molar-refractivity contribution in [3.05, 3.63) is 35.9 Å². The van der Waals surface area contributed by atoms with Gasteiger partial charge in [0.2, 0.25) is 0 Å². The maximum Gasteiger partial charge on any atom is 0.315 e. The number of benzene rings is 1. The predicted octanol–water partition coefficient (Wildman–Crippen LogP) is 2.83. The van der Waals surface area contributed by atoms with Crippen LogP contribution in [0.3, 0.4) is 0 Å². The van der Waals surface area contributed by atoms with Gasteiger partial charge in [0.05, 0.1) is 6.10 Å². The van der Waals surface area contributed by atoms with Gasteiger partial charge in [-0.25, -0.2) is 4.79 Å². The molecule has 2 aliphatic carbocycles. The second kappa shape index (κ2) is 5.23. The van der Waals surface area contributed by atoms with Gasteiger partial charge in [0.25, 0.3) is 0 Å². The minimum atomic E-state index is -0.0318. The molecule has 2 N–H and O–H groups in total. The zero-order chi connectivity index (χ0) is 16.1. The first-order valence-electron chi connectivity index (χ1n) is 8.74.